The van der Waals surface area contributed by atoms with Gasteiger partial charge >= 0.3 is 6.18 Å². The Balaban J connectivity index is 1.93. The maximum Gasteiger partial charge on any atom is 0.421 e. The fourth-order valence-corrected chi connectivity index (χ4v) is 2.32. The van der Waals surface area contributed by atoms with Crippen molar-refractivity contribution in [2.45, 2.75) is 32.6 Å². The van der Waals surface area contributed by atoms with E-state index in [0.717, 1.165) is 22.4 Å². The number of pyridine rings is 1. The van der Waals surface area contributed by atoms with Crippen LogP contribution in [0.15, 0.2) is 47.4 Å². The van der Waals surface area contributed by atoms with E-state index < -0.39 is 29.8 Å². The second-order valence-corrected chi connectivity index (χ2v) is 5.95. The fourth-order valence-electron chi connectivity index (χ4n) is 2.32. The van der Waals surface area contributed by atoms with E-state index in [4.69, 9.17) is 4.74 Å². The van der Waals surface area contributed by atoms with Gasteiger partial charge in [-0.05, 0) is 43.7 Å². The van der Waals surface area contributed by atoms with Gasteiger partial charge in [0.1, 0.15) is 24.5 Å². The van der Waals surface area contributed by atoms with E-state index in [1.165, 1.54) is 0 Å². The number of hydrogen-bond donors (Lipinski definition) is 1. The molecule has 1 heterocycles. The first-order chi connectivity index (χ1) is 12.2. The molecule has 1 N–H and O–H groups in total. The molecular weight excluding hydrogens is 349 g/mol. The molecule has 26 heavy (non-hydrogen) atoms. The molecular formula is C18H19F3N2O3. The zero-order chi connectivity index (χ0) is 19.3. The van der Waals surface area contributed by atoms with E-state index in [1.54, 1.807) is 13.0 Å². The van der Waals surface area contributed by atoms with Gasteiger partial charge in [-0.25, -0.2) is 0 Å². The van der Waals surface area contributed by atoms with Crippen LogP contribution in [0.4, 0.5) is 13.2 Å². The minimum absolute atomic E-state index is 0.187. The van der Waals surface area contributed by atoms with Crippen LogP contribution in [0, 0.1) is 6.92 Å². The molecule has 0 bridgehead atoms. The molecule has 2 rings (SSSR count). The van der Waals surface area contributed by atoms with Crippen LogP contribution in [0.1, 0.15) is 18.1 Å². The highest BCUT2D eigenvalue weighted by Gasteiger charge is 2.34. The molecule has 1 unspecified atom stereocenters. The van der Waals surface area contributed by atoms with Crippen LogP contribution in [-0.2, 0) is 17.5 Å². The van der Waals surface area contributed by atoms with Crippen molar-refractivity contribution in [3.05, 3.63) is 64.1 Å². The Bertz CT molecular complexity index is 831. The number of nitrogens with one attached hydrogen (secondary N) is 1. The zero-order valence-electron chi connectivity index (χ0n) is 14.3. The summed E-state index contributed by atoms with van der Waals surface area (Å²) in [5.41, 5.74) is -1.52. The highest BCUT2D eigenvalue weighted by Crippen LogP contribution is 2.25. The van der Waals surface area contributed by atoms with Gasteiger partial charge in [-0.1, -0.05) is 12.1 Å². The number of alkyl halides is 3. The van der Waals surface area contributed by atoms with Crippen molar-refractivity contribution in [3.63, 3.8) is 0 Å². The summed E-state index contributed by atoms with van der Waals surface area (Å²) in [5, 5.41) is 2.59. The second-order valence-electron chi connectivity index (χ2n) is 5.95. The number of aromatic nitrogens is 1. The van der Waals surface area contributed by atoms with Crippen LogP contribution in [0.5, 0.6) is 5.75 Å². The quantitative estimate of drug-likeness (QED) is 0.853. The highest BCUT2D eigenvalue weighted by molar-refractivity contribution is 5.76. The van der Waals surface area contributed by atoms with Gasteiger partial charge in [-0.2, -0.15) is 13.2 Å². The molecule has 0 saturated heterocycles. The van der Waals surface area contributed by atoms with E-state index in [1.807, 2.05) is 25.1 Å². The Morgan fingerprint density at radius 3 is 2.65 bits per heavy atom. The maximum absolute atomic E-state index is 12.7. The highest BCUT2D eigenvalue weighted by atomic mass is 19.4. The number of ether oxygens (including phenoxy) is 1. The lowest BCUT2D eigenvalue weighted by atomic mass is 10.2. The standard InChI is InChI=1S/C18H19F3N2O3/c1-12-5-3-6-14(9-12)26-11-13(2)22-16(24)10-23-8-4-7-15(17(23)25)18(19,20)21/h3-9,13H,10-11H2,1-2H3,(H,22,24). The van der Waals surface area contributed by atoms with E-state index in [2.05, 4.69) is 5.32 Å². The van der Waals surface area contributed by atoms with Gasteiger partial charge in [-0.3, -0.25) is 9.59 Å². The van der Waals surface area contributed by atoms with Crippen molar-refractivity contribution in [2.75, 3.05) is 6.61 Å². The summed E-state index contributed by atoms with van der Waals surface area (Å²) >= 11 is 0. The SMILES string of the molecule is Cc1cccc(OCC(C)NC(=O)Cn2cccc(C(F)(F)F)c2=O)c1. The normalized spacial score (nSPS) is 12.5. The summed E-state index contributed by atoms with van der Waals surface area (Å²) in [6.45, 7) is 3.30. The van der Waals surface area contributed by atoms with Crippen molar-refractivity contribution >= 4 is 5.91 Å². The Hall–Kier alpha value is -2.77. The topological polar surface area (TPSA) is 60.3 Å². The van der Waals surface area contributed by atoms with E-state index >= 15 is 0 Å². The summed E-state index contributed by atoms with van der Waals surface area (Å²) in [7, 11) is 0. The summed E-state index contributed by atoms with van der Waals surface area (Å²) in [6.07, 6.45) is -3.61. The molecule has 0 saturated carbocycles. The Kier molecular flexibility index (Phi) is 6.07. The first kappa shape index (κ1) is 19.6. The molecule has 2 aromatic rings. The minimum atomic E-state index is -4.76. The average Bonchev–Trinajstić information content (AvgIpc) is 2.54. The Labute approximate surface area is 148 Å². The number of aryl methyl sites for hydroxylation is 1. The fraction of sp³-hybridized carbons (Fsp3) is 0.333. The van der Waals surface area contributed by atoms with Crippen molar-refractivity contribution in [1.82, 2.24) is 9.88 Å². The summed E-state index contributed by atoms with van der Waals surface area (Å²) in [5.74, 6) is 0.0759. The molecule has 0 aliphatic carbocycles. The van der Waals surface area contributed by atoms with Crippen LogP contribution in [0.3, 0.4) is 0 Å². The van der Waals surface area contributed by atoms with Gasteiger partial charge in [0.05, 0.1) is 6.04 Å². The van der Waals surface area contributed by atoms with Crippen LogP contribution in [0.2, 0.25) is 0 Å². The van der Waals surface area contributed by atoms with Gasteiger partial charge in [0.25, 0.3) is 5.56 Å². The predicted molar refractivity (Wildman–Crippen MR) is 90.0 cm³/mol. The molecule has 0 spiro atoms. The minimum Gasteiger partial charge on any atom is -0.491 e. The number of nitrogens with zero attached hydrogens (tertiary/aromatic N) is 1. The summed E-state index contributed by atoms with van der Waals surface area (Å²) < 4.78 is 44.5. The van der Waals surface area contributed by atoms with Crippen LogP contribution >= 0.6 is 0 Å². The average molecular weight is 368 g/mol. The van der Waals surface area contributed by atoms with E-state index in [0.29, 0.717) is 11.8 Å². The Morgan fingerprint density at radius 1 is 1.27 bits per heavy atom. The molecule has 1 aromatic carbocycles. The molecule has 0 radical (unpaired) electrons. The third kappa shape index (κ3) is 5.37. The zero-order valence-corrected chi connectivity index (χ0v) is 14.3. The molecule has 1 aromatic heterocycles. The molecule has 1 amide bonds. The van der Waals surface area contributed by atoms with Crippen molar-refractivity contribution in [1.29, 1.82) is 0 Å². The van der Waals surface area contributed by atoms with Gasteiger partial charge in [-0.15, -0.1) is 0 Å². The summed E-state index contributed by atoms with van der Waals surface area (Å²) in [6, 6.07) is 8.78. The molecule has 0 aliphatic rings. The lowest BCUT2D eigenvalue weighted by molar-refractivity contribution is -0.139. The maximum atomic E-state index is 12.7. The number of amides is 1. The Morgan fingerprint density at radius 2 is 2.00 bits per heavy atom. The number of carbonyl (C=O) groups is 1. The number of rotatable bonds is 6. The number of halogens is 3. The smallest absolute Gasteiger partial charge is 0.421 e. The van der Waals surface area contributed by atoms with Gasteiger partial charge < -0.3 is 14.6 Å². The summed E-state index contributed by atoms with van der Waals surface area (Å²) in [4.78, 5) is 23.8. The number of hydrogen-bond acceptors (Lipinski definition) is 3. The van der Waals surface area contributed by atoms with Gasteiger partial charge in [0.2, 0.25) is 5.91 Å². The van der Waals surface area contributed by atoms with Crippen molar-refractivity contribution < 1.29 is 22.7 Å². The van der Waals surface area contributed by atoms with E-state index in [9.17, 15) is 22.8 Å². The monoisotopic (exact) mass is 368 g/mol. The molecule has 0 aliphatic heterocycles. The molecule has 140 valence electrons. The predicted octanol–water partition coefficient (Wildman–Crippen LogP) is 2.76. The molecule has 8 heteroatoms. The van der Waals surface area contributed by atoms with Gasteiger partial charge in [0.15, 0.2) is 0 Å². The molecule has 1 atom stereocenters. The lowest BCUT2D eigenvalue weighted by Gasteiger charge is -2.16. The van der Waals surface area contributed by atoms with Crippen LogP contribution in [-0.4, -0.2) is 23.1 Å². The first-order valence-corrected chi connectivity index (χ1v) is 7.92. The largest absolute Gasteiger partial charge is 0.491 e. The molecule has 5 nitrogen and oxygen atoms in total. The van der Waals surface area contributed by atoms with Crippen molar-refractivity contribution in [2.24, 2.45) is 0 Å². The third-order valence-electron chi connectivity index (χ3n) is 3.54. The number of benzene rings is 1. The van der Waals surface area contributed by atoms with Crippen molar-refractivity contribution in [3.8, 4) is 5.75 Å². The van der Waals surface area contributed by atoms with Gasteiger partial charge in [0, 0.05) is 6.20 Å². The van der Waals surface area contributed by atoms with Crippen LogP contribution in [0.25, 0.3) is 0 Å². The third-order valence-corrected chi connectivity index (χ3v) is 3.54. The molecule has 0 fully saturated rings. The lowest BCUT2D eigenvalue weighted by Crippen LogP contribution is -2.41. The van der Waals surface area contributed by atoms with Crippen LogP contribution < -0.4 is 15.6 Å². The first-order valence-electron chi connectivity index (χ1n) is 7.92. The second kappa shape index (κ2) is 8.07. The van der Waals surface area contributed by atoms with E-state index in [-0.39, 0.29) is 12.6 Å². The number of carbonyl (C=O) groups excluding carboxylic acids is 1.